The monoisotopic (exact) mass is 458 g/mol. The Morgan fingerprint density at radius 2 is 1.39 bits per heavy atom. The zero-order chi connectivity index (χ0) is 23.5. The molecule has 0 bridgehead atoms. The molecule has 2 aliphatic rings. The van der Waals surface area contributed by atoms with Crippen LogP contribution in [0, 0.1) is 29.2 Å². The molecule has 0 spiro atoms. The van der Waals surface area contributed by atoms with Crippen LogP contribution in [-0.4, -0.2) is 0 Å². The third-order valence-corrected chi connectivity index (χ3v) is 7.42. The molecule has 0 radical (unpaired) electrons. The number of unbranched alkanes of at least 4 members (excludes halogenated alkanes) is 2. The molecule has 2 aromatic carbocycles. The fraction of sp³-hybridized carbons (Fsp3) is 0.517. The van der Waals surface area contributed by atoms with Crippen molar-refractivity contribution in [3.63, 3.8) is 0 Å². The summed E-state index contributed by atoms with van der Waals surface area (Å²) < 4.78 is 59.4. The largest absolute Gasteiger partial charge is 0.203 e. The van der Waals surface area contributed by atoms with Gasteiger partial charge in [-0.15, -0.1) is 0 Å². The van der Waals surface area contributed by atoms with E-state index in [-0.39, 0.29) is 11.1 Å². The number of halogens is 4. The second-order valence-electron chi connectivity index (χ2n) is 9.82. The summed E-state index contributed by atoms with van der Waals surface area (Å²) in [6.07, 6.45) is 13.2. The van der Waals surface area contributed by atoms with Crippen LogP contribution in [0.5, 0.6) is 0 Å². The molecular weight excluding hydrogens is 424 g/mol. The lowest BCUT2D eigenvalue weighted by Crippen LogP contribution is -2.07. The Morgan fingerprint density at radius 3 is 1.94 bits per heavy atom. The van der Waals surface area contributed by atoms with E-state index in [4.69, 9.17) is 0 Å². The van der Waals surface area contributed by atoms with Crippen molar-refractivity contribution in [1.29, 1.82) is 0 Å². The van der Waals surface area contributed by atoms with E-state index >= 15 is 4.39 Å². The van der Waals surface area contributed by atoms with Gasteiger partial charge in [-0.3, -0.25) is 0 Å². The van der Waals surface area contributed by atoms with Crippen LogP contribution >= 0.6 is 0 Å². The van der Waals surface area contributed by atoms with Gasteiger partial charge in [-0.1, -0.05) is 69.7 Å². The van der Waals surface area contributed by atoms with Crippen LogP contribution in [0.25, 0.3) is 11.1 Å². The maximum Gasteiger partial charge on any atom is 0.167 e. The van der Waals surface area contributed by atoms with Crippen molar-refractivity contribution < 1.29 is 17.6 Å². The third-order valence-electron chi connectivity index (χ3n) is 7.42. The van der Waals surface area contributed by atoms with Gasteiger partial charge in [0.15, 0.2) is 23.3 Å². The molecule has 0 aromatic heterocycles. The first-order chi connectivity index (χ1) is 15.9. The van der Waals surface area contributed by atoms with E-state index < -0.39 is 23.3 Å². The van der Waals surface area contributed by atoms with Crippen molar-refractivity contribution in [1.82, 2.24) is 0 Å². The van der Waals surface area contributed by atoms with Crippen LogP contribution in [0.1, 0.15) is 93.9 Å². The minimum absolute atomic E-state index is 0.0995. The highest BCUT2D eigenvalue weighted by molar-refractivity contribution is 5.79. The average Bonchev–Trinajstić information content (AvgIpc) is 3.18. The summed E-state index contributed by atoms with van der Waals surface area (Å²) in [5.41, 5.74) is 2.86. The highest BCUT2D eigenvalue weighted by atomic mass is 19.2. The molecule has 0 N–H and O–H groups in total. The molecule has 2 aromatic rings. The number of fused-ring (bicyclic) bond motifs is 3. The summed E-state index contributed by atoms with van der Waals surface area (Å²) in [6, 6.07) is 3.29. The lowest BCUT2D eigenvalue weighted by molar-refractivity contribution is 0.413. The quantitative estimate of drug-likeness (QED) is 0.170. The molecule has 0 aliphatic heterocycles. The molecule has 33 heavy (non-hydrogen) atoms. The summed E-state index contributed by atoms with van der Waals surface area (Å²) in [5, 5.41) is 0. The smallest absolute Gasteiger partial charge is 0.167 e. The van der Waals surface area contributed by atoms with E-state index in [0.717, 1.165) is 18.8 Å². The van der Waals surface area contributed by atoms with Gasteiger partial charge in [-0.05, 0) is 73.1 Å². The van der Waals surface area contributed by atoms with E-state index in [1.165, 1.54) is 37.7 Å². The highest BCUT2D eigenvalue weighted by Gasteiger charge is 2.31. The first-order valence-electron chi connectivity index (χ1n) is 12.6. The molecule has 178 valence electrons. The molecule has 4 heteroatoms. The summed E-state index contributed by atoms with van der Waals surface area (Å²) in [7, 11) is 0. The Hall–Kier alpha value is -2.10. The highest BCUT2D eigenvalue weighted by Crippen LogP contribution is 2.43. The van der Waals surface area contributed by atoms with Crippen LogP contribution in [-0.2, 0) is 19.3 Å². The molecule has 0 nitrogen and oxygen atoms in total. The second-order valence-corrected chi connectivity index (χ2v) is 9.82. The molecule has 1 atom stereocenters. The summed E-state index contributed by atoms with van der Waals surface area (Å²) in [4.78, 5) is 0. The predicted octanol–water partition coefficient (Wildman–Crippen LogP) is 9.01. The van der Waals surface area contributed by atoms with Crippen molar-refractivity contribution in [2.75, 3.05) is 0 Å². The summed E-state index contributed by atoms with van der Waals surface area (Å²) in [5.74, 6) is -3.21. The summed E-state index contributed by atoms with van der Waals surface area (Å²) >= 11 is 0. The number of allylic oxidation sites excluding steroid dienone is 2. The third kappa shape index (κ3) is 4.90. The fourth-order valence-corrected chi connectivity index (χ4v) is 5.54. The van der Waals surface area contributed by atoms with Crippen LogP contribution in [0.3, 0.4) is 0 Å². The van der Waals surface area contributed by atoms with E-state index in [1.807, 2.05) is 6.92 Å². The molecule has 1 unspecified atom stereocenters. The molecule has 4 rings (SSSR count). The van der Waals surface area contributed by atoms with Crippen molar-refractivity contribution in [2.45, 2.75) is 90.9 Å². The van der Waals surface area contributed by atoms with Gasteiger partial charge in [-0.2, -0.15) is 0 Å². The molecular formula is C29H34F4. The minimum atomic E-state index is -1.05. The molecule has 2 aliphatic carbocycles. The first kappa shape index (κ1) is 24.0. The summed E-state index contributed by atoms with van der Waals surface area (Å²) in [6.45, 7) is 4.12. The number of aryl methyl sites for hydroxylation is 2. The van der Waals surface area contributed by atoms with E-state index in [1.54, 1.807) is 12.1 Å². The van der Waals surface area contributed by atoms with Crippen molar-refractivity contribution in [2.24, 2.45) is 5.92 Å². The van der Waals surface area contributed by atoms with Crippen LogP contribution in [0.4, 0.5) is 17.6 Å². The number of hydrogen-bond acceptors (Lipinski definition) is 0. The molecule has 0 saturated carbocycles. The standard InChI is InChI=1S/C29H34F4/c1-3-5-6-8-18-9-11-19(12-10-18)13-14-21-16-23-17-22-15-20(7-4-2)26(30)28(32)24(22)25(23)29(33)27(21)31/h11,15-16,18H,3-10,12-14,17H2,1-2H3. The SMILES string of the molecule is CCCCCC1CC=C(CCc2cc3c(c(F)c2F)-c2c(cc(CCC)c(F)c2F)C3)CC1. The first-order valence-corrected chi connectivity index (χ1v) is 12.6. The molecule has 0 amide bonds. The lowest BCUT2D eigenvalue weighted by atomic mass is 9.84. The Morgan fingerprint density at radius 1 is 0.758 bits per heavy atom. The fourth-order valence-electron chi connectivity index (χ4n) is 5.54. The van der Waals surface area contributed by atoms with Crippen molar-refractivity contribution in [3.8, 4) is 11.1 Å². The van der Waals surface area contributed by atoms with Crippen LogP contribution < -0.4 is 0 Å². The number of hydrogen-bond donors (Lipinski definition) is 0. The number of rotatable bonds is 9. The Bertz CT molecular complexity index is 1050. The normalized spacial score (nSPS) is 17.2. The average molecular weight is 459 g/mol. The Labute approximate surface area is 195 Å². The van der Waals surface area contributed by atoms with E-state index in [2.05, 4.69) is 13.0 Å². The second kappa shape index (κ2) is 10.4. The van der Waals surface area contributed by atoms with Gasteiger partial charge in [0.05, 0.1) is 0 Å². The van der Waals surface area contributed by atoms with E-state index in [9.17, 15) is 13.2 Å². The maximum absolute atomic E-state index is 15.1. The predicted molar refractivity (Wildman–Crippen MR) is 126 cm³/mol. The van der Waals surface area contributed by atoms with Crippen molar-refractivity contribution >= 4 is 0 Å². The zero-order valence-corrected chi connectivity index (χ0v) is 19.8. The lowest BCUT2D eigenvalue weighted by Gasteiger charge is -2.22. The molecule has 0 saturated heterocycles. The van der Waals surface area contributed by atoms with Gasteiger partial charge in [0, 0.05) is 11.1 Å². The topological polar surface area (TPSA) is 0 Å². The Kier molecular flexibility index (Phi) is 7.61. The van der Waals surface area contributed by atoms with Crippen LogP contribution in [0.2, 0.25) is 0 Å². The molecule has 0 fully saturated rings. The Balaban J connectivity index is 1.50. The van der Waals surface area contributed by atoms with Gasteiger partial charge in [0.25, 0.3) is 0 Å². The number of benzene rings is 2. The van der Waals surface area contributed by atoms with Gasteiger partial charge < -0.3 is 0 Å². The van der Waals surface area contributed by atoms with Gasteiger partial charge >= 0.3 is 0 Å². The van der Waals surface area contributed by atoms with Crippen molar-refractivity contribution in [3.05, 3.63) is 69.3 Å². The van der Waals surface area contributed by atoms with Crippen LogP contribution in [0.15, 0.2) is 23.8 Å². The zero-order valence-electron chi connectivity index (χ0n) is 19.8. The minimum Gasteiger partial charge on any atom is -0.203 e. The van der Waals surface area contributed by atoms with Gasteiger partial charge in [-0.25, -0.2) is 17.6 Å². The van der Waals surface area contributed by atoms with Gasteiger partial charge in [0.2, 0.25) is 0 Å². The molecule has 0 heterocycles. The maximum atomic E-state index is 15.1. The van der Waals surface area contributed by atoms with E-state index in [0.29, 0.717) is 54.4 Å². The van der Waals surface area contributed by atoms with Gasteiger partial charge in [0.1, 0.15) is 0 Å².